The van der Waals surface area contributed by atoms with Gasteiger partial charge in [0, 0.05) is 38.3 Å². The van der Waals surface area contributed by atoms with E-state index in [0.29, 0.717) is 45.7 Å². The van der Waals surface area contributed by atoms with Crippen LogP contribution in [-0.4, -0.2) is 60.6 Å². The van der Waals surface area contributed by atoms with Crippen LogP contribution in [0.5, 0.6) is 6.01 Å². The van der Waals surface area contributed by atoms with Gasteiger partial charge in [-0.1, -0.05) is 12.6 Å². The van der Waals surface area contributed by atoms with E-state index >= 15 is 0 Å². The first-order valence-corrected chi connectivity index (χ1v) is 9.81. The SMILES string of the molecule is C=CC(=O)N1CCN(c2nc(OC)nc3c2CCN(c2cccc(F)c2F)C3)CC1. The van der Waals surface area contributed by atoms with Gasteiger partial charge in [-0.3, -0.25) is 4.79 Å². The zero-order valence-electron chi connectivity index (χ0n) is 16.8. The number of aromatic nitrogens is 2. The second kappa shape index (κ2) is 8.25. The molecule has 0 saturated carbocycles. The number of carbonyl (C=O) groups is 1. The van der Waals surface area contributed by atoms with Crippen molar-refractivity contribution >= 4 is 17.4 Å². The van der Waals surface area contributed by atoms with E-state index in [0.717, 1.165) is 23.1 Å². The summed E-state index contributed by atoms with van der Waals surface area (Å²) in [5, 5.41) is 0. The molecule has 1 aromatic heterocycles. The Morgan fingerprint density at radius 1 is 1.13 bits per heavy atom. The van der Waals surface area contributed by atoms with Crippen LogP contribution in [0.25, 0.3) is 0 Å². The maximum Gasteiger partial charge on any atom is 0.318 e. The van der Waals surface area contributed by atoms with Gasteiger partial charge in [-0.25, -0.2) is 8.78 Å². The van der Waals surface area contributed by atoms with Gasteiger partial charge in [-0.05, 0) is 24.6 Å². The number of benzene rings is 1. The molecule has 3 heterocycles. The lowest BCUT2D eigenvalue weighted by Crippen LogP contribution is -2.49. The van der Waals surface area contributed by atoms with Crippen LogP contribution in [0.2, 0.25) is 0 Å². The Labute approximate surface area is 173 Å². The number of hydrogen-bond acceptors (Lipinski definition) is 6. The third-order valence-corrected chi connectivity index (χ3v) is 5.54. The second-order valence-electron chi connectivity index (χ2n) is 7.22. The van der Waals surface area contributed by atoms with Crippen molar-refractivity contribution in [2.24, 2.45) is 0 Å². The highest BCUT2D eigenvalue weighted by Crippen LogP contribution is 2.32. The Morgan fingerprint density at radius 3 is 2.60 bits per heavy atom. The van der Waals surface area contributed by atoms with E-state index in [2.05, 4.69) is 21.4 Å². The Bertz CT molecular complexity index is 976. The minimum absolute atomic E-state index is 0.0790. The van der Waals surface area contributed by atoms with E-state index in [-0.39, 0.29) is 17.6 Å². The number of hydrogen-bond donors (Lipinski definition) is 0. The number of rotatable bonds is 4. The van der Waals surface area contributed by atoms with E-state index in [1.54, 1.807) is 15.9 Å². The molecule has 2 aromatic rings. The zero-order chi connectivity index (χ0) is 21.3. The number of amides is 1. The Balaban J connectivity index is 1.61. The number of ether oxygens (including phenoxy) is 1. The summed E-state index contributed by atoms with van der Waals surface area (Å²) in [6.45, 7) is 6.81. The molecule has 4 rings (SSSR count). The van der Waals surface area contributed by atoms with Crippen LogP contribution >= 0.6 is 0 Å². The molecule has 2 aliphatic heterocycles. The van der Waals surface area contributed by atoms with Crippen molar-refractivity contribution in [2.45, 2.75) is 13.0 Å². The van der Waals surface area contributed by atoms with Crippen molar-refractivity contribution in [2.75, 3.05) is 49.6 Å². The molecule has 1 amide bonds. The van der Waals surface area contributed by atoms with Crippen LogP contribution in [0.1, 0.15) is 11.3 Å². The third-order valence-electron chi connectivity index (χ3n) is 5.54. The fraction of sp³-hybridized carbons (Fsp3) is 0.381. The topological polar surface area (TPSA) is 61.8 Å². The third kappa shape index (κ3) is 3.67. The largest absolute Gasteiger partial charge is 0.467 e. The highest BCUT2D eigenvalue weighted by molar-refractivity contribution is 5.87. The van der Waals surface area contributed by atoms with Gasteiger partial charge in [0.25, 0.3) is 0 Å². The molecular weight excluding hydrogens is 392 g/mol. The average Bonchev–Trinajstić information content (AvgIpc) is 2.79. The van der Waals surface area contributed by atoms with E-state index in [9.17, 15) is 13.6 Å². The van der Waals surface area contributed by atoms with Gasteiger partial charge in [0.1, 0.15) is 5.82 Å². The predicted octanol–water partition coefficient (Wildman–Crippen LogP) is 2.16. The van der Waals surface area contributed by atoms with Crippen molar-refractivity contribution in [3.8, 4) is 6.01 Å². The molecule has 1 saturated heterocycles. The molecule has 9 heteroatoms. The Morgan fingerprint density at radius 2 is 1.90 bits per heavy atom. The quantitative estimate of drug-likeness (QED) is 0.714. The Hall–Kier alpha value is -3.23. The van der Waals surface area contributed by atoms with Crippen LogP contribution in [0.4, 0.5) is 20.3 Å². The van der Waals surface area contributed by atoms with Gasteiger partial charge in [0.2, 0.25) is 5.91 Å². The maximum absolute atomic E-state index is 14.3. The highest BCUT2D eigenvalue weighted by Gasteiger charge is 2.29. The molecule has 0 aliphatic carbocycles. The maximum atomic E-state index is 14.3. The number of carbonyl (C=O) groups excluding carboxylic acids is 1. The van der Waals surface area contributed by atoms with Crippen molar-refractivity contribution in [3.63, 3.8) is 0 Å². The molecular formula is C21H23F2N5O2. The number of anilines is 2. The van der Waals surface area contributed by atoms with Crippen molar-refractivity contribution < 1.29 is 18.3 Å². The van der Waals surface area contributed by atoms with E-state index < -0.39 is 11.6 Å². The summed E-state index contributed by atoms with van der Waals surface area (Å²) >= 11 is 0. The van der Waals surface area contributed by atoms with Crippen LogP contribution in [-0.2, 0) is 17.8 Å². The Kier molecular flexibility index (Phi) is 5.52. The summed E-state index contributed by atoms with van der Waals surface area (Å²) < 4.78 is 33.3. The number of nitrogens with zero attached hydrogens (tertiary/aromatic N) is 5. The first-order valence-electron chi connectivity index (χ1n) is 9.81. The van der Waals surface area contributed by atoms with Gasteiger partial charge in [0.15, 0.2) is 11.6 Å². The van der Waals surface area contributed by atoms with Crippen LogP contribution in [0, 0.1) is 11.6 Å². The summed E-state index contributed by atoms with van der Waals surface area (Å²) in [6, 6.07) is 4.41. The van der Waals surface area contributed by atoms with Gasteiger partial charge in [-0.15, -0.1) is 0 Å². The molecule has 0 bridgehead atoms. The molecule has 158 valence electrons. The molecule has 1 aromatic carbocycles. The number of methoxy groups -OCH3 is 1. The molecule has 2 aliphatic rings. The lowest BCUT2D eigenvalue weighted by Gasteiger charge is -2.37. The van der Waals surface area contributed by atoms with Gasteiger partial charge in [-0.2, -0.15) is 9.97 Å². The predicted molar refractivity (Wildman–Crippen MR) is 109 cm³/mol. The van der Waals surface area contributed by atoms with E-state index in [1.807, 2.05) is 0 Å². The standard InChI is InChI=1S/C21H23F2N5O2/c1-3-18(29)26-9-11-27(12-10-26)20-14-7-8-28(13-16(14)24-21(25-20)30-2)17-6-4-5-15(22)19(17)23/h3-6H,1,7-13H2,2H3. The van der Waals surface area contributed by atoms with Gasteiger partial charge in [0.05, 0.1) is 25.0 Å². The summed E-state index contributed by atoms with van der Waals surface area (Å²) in [5.41, 5.74) is 1.93. The average molecular weight is 415 g/mol. The van der Waals surface area contributed by atoms with Crippen molar-refractivity contribution in [1.82, 2.24) is 14.9 Å². The van der Waals surface area contributed by atoms with Crippen LogP contribution in [0.3, 0.4) is 0 Å². The molecule has 0 unspecified atom stereocenters. The summed E-state index contributed by atoms with van der Waals surface area (Å²) in [7, 11) is 1.50. The molecule has 1 fully saturated rings. The van der Waals surface area contributed by atoms with E-state index in [1.165, 1.54) is 19.3 Å². The molecule has 0 atom stereocenters. The molecule has 0 N–H and O–H groups in total. The van der Waals surface area contributed by atoms with Gasteiger partial charge < -0.3 is 19.4 Å². The summed E-state index contributed by atoms with van der Waals surface area (Å²) in [6.07, 6.45) is 1.92. The summed E-state index contributed by atoms with van der Waals surface area (Å²) in [5.74, 6) is -1.02. The first-order chi connectivity index (χ1) is 14.5. The molecule has 0 radical (unpaired) electrons. The lowest BCUT2D eigenvalue weighted by molar-refractivity contribution is -0.126. The minimum atomic E-state index is -0.869. The lowest BCUT2D eigenvalue weighted by atomic mass is 10.0. The summed E-state index contributed by atoms with van der Waals surface area (Å²) in [4.78, 5) is 26.5. The van der Waals surface area contributed by atoms with E-state index in [4.69, 9.17) is 4.74 Å². The number of piperazine rings is 1. The van der Waals surface area contributed by atoms with Crippen LogP contribution in [0.15, 0.2) is 30.9 Å². The fourth-order valence-corrected chi connectivity index (χ4v) is 3.95. The minimum Gasteiger partial charge on any atom is -0.467 e. The molecule has 0 spiro atoms. The zero-order valence-corrected chi connectivity index (χ0v) is 16.8. The normalized spacial score (nSPS) is 16.3. The highest BCUT2D eigenvalue weighted by atomic mass is 19.2. The van der Waals surface area contributed by atoms with Crippen molar-refractivity contribution in [3.05, 3.63) is 53.7 Å². The second-order valence-corrected chi connectivity index (χ2v) is 7.22. The molecule has 30 heavy (non-hydrogen) atoms. The monoisotopic (exact) mass is 415 g/mol. The number of fused-ring (bicyclic) bond motifs is 1. The van der Waals surface area contributed by atoms with Gasteiger partial charge >= 0.3 is 6.01 Å². The molecule has 7 nitrogen and oxygen atoms in total. The fourth-order valence-electron chi connectivity index (χ4n) is 3.95. The first kappa shape index (κ1) is 20.1. The smallest absolute Gasteiger partial charge is 0.318 e. The van der Waals surface area contributed by atoms with Crippen LogP contribution < -0.4 is 14.5 Å². The van der Waals surface area contributed by atoms with Crippen molar-refractivity contribution in [1.29, 1.82) is 0 Å². The number of halogens is 2.